The molecule has 0 unspecified atom stereocenters. The Bertz CT molecular complexity index is 650. The van der Waals surface area contributed by atoms with Crippen LogP contribution in [0.1, 0.15) is 17.3 Å². The molecule has 1 aromatic carbocycles. The number of halogens is 1. The topological polar surface area (TPSA) is 102 Å². The van der Waals surface area contributed by atoms with Crippen LogP contribution in [-0.4, -0.2) is 22.5 Å². The lowest BCUT2D eigenvalue weighted by Gasteiger charge is -2.12. The summed E-state index contributed by atoms with van der Waals surface area (Å²) in [6.07, 6.45) is 1.24. The van der Waals surface area contributed by atoms with Gasteiger partial charge < -0.3 is 10.5 Å². The van der Waals surface area contributed by atoms with E-state index in [1.165, 1.54) is 24.5 Å². The first-order chi connectivity index (χ1) is 10.1. The van der Waals surface area contributed by atoms with E-state index in [2.05, 4.69) is 20.8 Å². The van der Waals surface area contributed by atoms with Gasteiger partial charge in [-0.2, -0.15) is 4.98 Å². The molecule has 4 N–H and O–H groups in total. The molecule has 8 heteroatoms. The standard InChI is InChI=1S/C13H14FN5O2/c1-2-21-13-10(15)11(16-7-17-13)18-19-12(20)8-5-3-4-6-9(8)14/h3-7H,2,15H2,1H3,(H,19,20)(H,16,17,18). The summed E-state index contributed by atoms with van der Waals surface area (Å²) in [7, 11) is 0. The fourth-order valence-corrected chi connectivity index (χ4v) is 1.56. The molecule has 1 aromatic heterocycles. The van der Waals surface area contributed by atoms with Gasteiger partial charge in [0.2, 0.25) is 5.88 Å². The molecule has 0 saturated carbocycles. The average Bonchev–Trinajstić information content (AvgIpc) is 2.48. The number of aromatic nitrogens is 2. The predicted octanol–water partition coefficient (Wildman–Crippen LogP) is 1.35. The zero-order chi connectivity index (χ0) is 15.2. The Morgan fingerprint density at radius 1 is 1.38 bits per heavy atom. The number of hydrogen-bond acceptors (Lipinski definition) is 6. The van der Waals surface area contributed by atoms with Gasteiger partial charge in [0.25, 0.3) is 5.91 Å². The van der Waals surface area contributed by atoms with Gasteiger partial charge in [-0.3, -0.25) is 15.6 Å². The zero-order valence-electron chi connectivity index (χ0n) is 11.3. The van der Waals surface area contributed by atoms with Gasteiger partial charge in [0.15, 0.2) is 5.82 Å². The number of benzene rings is 1. The van der Waals surface area contributed by atoms with Crippen molar-refractivity contribution in [1.82, 2.24) is 15.4 Å². The Kier molecular flexibility index (Phi) is 4.50. The van der Waals surface area contributed by atoms with Gasteiger partial charge in [-0.25, -0.2) is 9.37 Å². The monoisotopic (exact) mass is 291 g/mol. The molecule has 1 heterocycles. The molecule has 0 aliphatic heterocycles. The van der Waals surface area contributed by atoms with Crippen LogP contribution < -0.4 is 21.3 Å². The number of amides is 1. The molecular formula is C13H14FN5O2. The summed E-state index contributed by atoms with van der Waals surface area (Å²) in [6, 6.07) is 5.61. The van der Waals surface area contributed by atoms with Crippen molar-refractivity contribution in [3.8, 4) is 5.88 Å². The van der Waals surface area contributed by atoms with Crippen molar-refractivity contribution in [1.29, 1.82) is 0 Å². The van der Waals surface area contributed by atoms with Crippen LogP contribution in [0.2, 0.25) is 0 Å². The zero-order valence-corrected chi connectivity index (χ0v) is 11.3. The average molecular weight is 291 g/mol. The van der Waals surface area contributed by atoms with Gasteiger partial charge in [-0.1, -0.05) is 12.1 Å². The molecule has 2 aromatic rings. The predicted molar refractivity (Wildman–Crippen MR) is 75.1 cm³/mol. The third-order valence-electron chi connectivity index (χ3n) is 2.54. The van der Waals surface area contributed by atoms with E-state index in [1.54, 1.807) is 13.0 Å². The highest BCUT2D eigenvalue weighted by Crippen LogP contribution is 2.23. The van der Waals surface area contributed by atoms with E-state index in [0.29, 0.717) is 6.61 Å². The molecule has 0 fully saturated rings. The number of ether oxygens (including phenoxy) is 1. The number of rotatable bonds is 5. The van der Waals surface area contributed by atoms with Crippen LogP contribution in [-0.2, 0) is 0 Å². The Morgan fingerprint density at radius 3 is 2.86 bits per heavy atom. The highest BCUT2D eigenvalue weighted by Gasteiger charge is 2.13. The normalized spacial score (nSPS) is 10.0. The number of nitrogens with zero attached hydrogens (tertiary/aromatic N) is 2. The second-order valence-corrected chi connectivity index (χ2v) is 3.93. The Morgan fingerprint density at radius 2 is 2.14 bits per heavy atom. The minimum atomic E-state index is -0.649. The molecular weight excluding hydrogens is 277 g/mol. The number of hydrazine groups is 1. The minimum absolute atomic E-state index is 0.0948. The number of nitrogens with two attached hydrogens (primary N) is 1. The molecule has 1 amide bonds. The Balaban J connectivity index is 2.08. The maximum atomic E-state index is 13.5. The van der Waals surface area contributed by atoms with E-state index >= 15 is 0 Å². The van der Waals surface area contributed by atoms with E-state index in [0.717, 1.165) is 0 Å². The summed E-state index contributed by atoms with van der Waals surface area (Å²) in [5.41, 5.74) is 10.7. The number of nitrogen functional groups attached to an aromatic ring is 1. The van der Waals surface area contributed by atoms with Gasteiger partial charge >= 0.3 is 0 Å². The second-order valence-electron chi connectivity index (χ2n) is 3.93. The largest absolute Gasteiger partial charge is 0.476 e. The number of anilines is 2. The third kappa shape index (κ3) is 3.35. The molecule has 110 valence electrons. The van der Waals surface area contributed by atoms with E-state index in [4.69, 9.17) is 10.5 Å². The molecule has 0 saturated heterocycles. The molecule has 7 nitrogen and oxygen atoms in total. The molecule has 0 spiro atoms. The summed E-state index contributed by atoms with van der Waals surface area (Å²) in [5, 5.41) is 0. The first-order valence-corrected chi connectivity index (χ1v) is 6.17. The van der Waals surface area contributed by atoms with Crippen LogP contribution in [0.25, 0.3) is 0 Å². The first kappa shape index (κ1) is 14.5. The lowest BCUT2D eigenvalue weighted by Crippen LogP contribution is -2.31. The first-order valence-electron chi connectivity index (χ1n) is 6.17. The highest BCUT2D eigenvalue weighted by atomic mass is 19.1. The molecule has 21 heavy (non-hydrogen) atoms. The number of carbonyl (C=O) groups is 1. The summed E-state index contributed by atoms with van der Waals surface area (Å²) >= 11 is 0. The van der Waals surface area contributed by atoms with Crippen molar-refractivity contribution in [3.05, 3.63) is 42.0 Å². The number of nitrogens with one attached hydrogen (secondary N) is 2. The molecule has 2 rings (SSSR count). The van der Waals surface area contributed by atoms with E-state index in [1.807, 2.05) is 0 Å². The van der Waals surface area contributed by atoms with Gasteiger partial charge in [-0.15, -0.1) is 0 Å². The lowest BCUT2D eigenvalue weighted by atomic mass is 10.2. The minimum Gasteiger partial charge on any atom is -0.476 e. The number of hydrogen-bond donors (Lipinski definition) is 3. The molecule has 0 aliphatic carbocycles. The highest BCUT2D eigenvalue weighted by molar-refractivity contribution is 5.95. The van der Waals surface area contributed by atoms with Crippen molar-refractivity contribution in [3.63, 3.8) is 0 Å². The smallest absolute Gasteiger partial charge is 0.272 e. The fourth-order valence-electron chi connectivity index (χ4n) is 1.56. The quantitative estimate of drug-likeness (QED) is 0.719. The van der Waals surface area contributed by atoms with Gasteiger partial charge in [0, 0.05) is 0 Å². The van der Waals surface area contributed by atoms with Crippen molar-refractivity contribution < 1.29 is 13.9 Å². The third-order valence-corrected chi connectivity index (χ3v) is 2.54. The van der Waals surface area contributed by atoms with Crippen molar-refractivity contribution >= 4 is 17.4 Å². The van der Waals surface area contributed by atoms with E-state index < -0.39 is 11.7 Å². The van der Waals surface area contributed by atoms with Crippen LogP contribution in [0.5, 0.6) is 5.88 Å². The summed E-state index contributed by atoms with van der Waals surface area (Å²) < 4.78 is 18.6. The Hall–Kier alpha value is -2.90. The summed E-state index contributed by atoms with van der Waals surface area (Å²) in [4.78, 5) is 19.6. The lowest BCUT2D eigenvalue weighted by molar-refractivity contribution is 0.0958. The maximum Gasteiger partial charge on any atom is 0.272 e. The maximum absolute atomic E-state index is 13.5. The van der Waals surface area contributed by atoms with Crippen molar-refractivity contribution in [2.75, 3.05) is 17.8 Å². The summed E-state index contributed by atoms with van der Waals surface area (Å²) in [6.45, 7) is 2.18. The number of carbonyl (C=O) groups excluding carboxylic acids is 1. The van der Waals surface area contributed by atoms with Crippen LogP contribution in [0.15, 0.2) is 30.6 Å². The van der Waals surface area contributed by atoms with E-state index in [-0.39, 0.29) is 22.9 Å². The van der Waals surface area contributed by atoms with Crippen molar-refractivity contribution in [2.45, 2.75) is 6.92 Å². The second kappa shape index (κ2) is 6.51. The van der Waals surface area contributed by atoms with Crippen LogP contribution in [0, 0.1) is 5.82 Å². The molecule has 0 atom stereocenters. The fraction of sp³-hybridized carbons (Fsp3) is 0.154. The molecule has 0 radical (unpaired) electrons. The summed E-state index contributed by atoms with van der Waals surface area (Å²) in [5.74, 6) is -0.903. The van der Waals surface area contributed by atoms with Gasteiger partial charge in [-0.05, 0) is 19.1 Å². The van der Waals surface area contributed by atoms with Crippen LogP contribution in [0.4, 0.5) is 15.9 Å². The SMILES string of the molecule is CCOc1ncnc(NNC(=O)c2ccccc2F)c1N. The van der Waals surface area contributed by atoms with Crippen LogP contribution in [0.3, 0.4) is 0 Å². The van der Waals surface area contributed by atoms with Gasteiger partial charge in [0.1, 0.15) is 17.8 Å². The van der Waals surface area contributed by atoms with E-state index in [9.17, 15) is 9.18 Å². The molecule has 0 bridgehead atoms. The Labute approximate surface area is 120 Å². The van der Waals surface area contributed by atoms with Crippen molar-refractivity contribution in [2.24, 2.45) is 0 Å². The molecule has 0 aliphatic rings. The van der Waals surface area contributed by atoms with Gasteiger partial charge in [0.05, 0.1) is 12.2 Å². The van der Waals surface area contributed by atoms with Crippen LogP contribution >= 0.6 is 0 Å².